The van der Waals surface area contributed by atoms with Crippen LogP contribution in [0.15, 0.2) is 24.8 Å². The summed E-state index contributed by atoms with van der Waals surface area (Å²) in [6.45, 7) is 7.31. The Morgan fingerprint density at radius 1 is 1.50 bits per heavy atom. The van der Waals surface area contributed by atoms with Gasteiger partial charge in [0.25, 0.3) is 0 Å². The molecule has 2 N–H and O–H groups in total. The van der Waals surface area contributed by atoms with E-state index in [1.165, 1.54) is 25.7 Å². The fraction of sp³-hybridized carbons (Fsp3) is 0.667. The van der Waals surface area contributed by atoms with Crippen molar-refractivity contribution in [2.75, 3.05) is 13.1 Å². The molecule has 1 fully saturated rings. The topological polar surface area (TPSA) is 46.3 Å². The van der Waals surface area contributed by atoms with Crippen LogP contribution in [-0.2, 0) is 4.79 Å². The number of hydrogen-bond donors (Lipinski definition) is 1. The van der Waals surface area contributed by atoms with Gasteiger partial charge in [0.15, 0.2) is 0 Å². The van der Waals surface area contributed by atoms with Gasteiger partial charge in [0.05, 0.1) is 0 Å². The van der Waals surface area contributed by atoms with E-state index in [-0.39, 0.29) is 11.9 Å². The molecule has 0 aromatic carbocycles. The van der Waals surface area contributed by atoms with Crippen molar-refractivity contribution in [2.24, 2.45) is 11.7 Å². The minimum atomic E-state index is 0.0531. The van der Waals surface area contributed by atoms with Crippen LogP contribution >= 0.6 is 0 Å². The molecule has 1 rings (SSSR count). The van der Waals surface area contributed by atoms with Gasteiger partial charge in [0, 0.05) is 25.2 Å². The van der Waals surface area contributed by atoms with Crippen LogP contribution in [0.5, 0.6) is 0 Å². The van der Waals surface area contributed by atoms with Crippen LogP contribution < -0.4 is 5.73 Å². The van der Waals surface area contributed by atoms with Crippen LogP contribution in [0.1, 0.15) is 39.0 Å². The van der Waals surface area contributed by atoms with Gasteiger partial charge < -0.3 is 10.6 Å². The van der Waals surface area contributed by atoms with E-state index in [9.17, 15) is 4.79 Å². The quantitative estimate of drug-likeness (QED) is 0.447. The van der Waals surface area contributed by atoms with Gasteiger partial charge in [0.1, 0.15) is 0 Å². The number of allylic oxidation sites excluding steroid dienone is 2. The highest BCUT2D eigenvalue weighted by atomic mass is 16.2. The summed E-state index contributed by atoms with van der Waals surface area (Å²) >= 11 is 0. The molecule has 1 saturated heterocycles. The lowest BCUT2D eigenvalue weighted by molar-refractivity contribution is -0.127. The van der Waals surface area contributed by atoms with E-state index in [0.29, 0.717) is 12.5 Å². The maximum Gasteiger partial charge on any atom is 0.246 e. The van der Waals surface area contributed by atoms with Crippen molar-refractivity contribution in [3.63, 3.8) is 0 Å². The van der Waals surface area contributed by atoms with Crippen molar-refractivity contribution in [1.82, 2.24) is 4.90 Å². The molecular formula is C15H26N2O. The van der Waals surface area contributed by atoms with E-state index in [4.69, 9.17) is 5.73 Å². The van der Waals surface area contributed by atoms with E-state index in [1.54, 1.807) is 18.2 Å². The largest absolute Gasteiger partial charge is 0.338 e. The Hall–Kier alpha value is -1.09. The van der Waals surface area contributed by atoms with Crippen molar-refractivity contribution in [1.29, 1.82) is 0 Å². The van der Waals surface area contributed by atoms with Crippen LogP contribution in [0.3, 0.4) is 0 Å². The van der Waals surface area contributed by atoms with Crippen molar-refractivity contribution in [2.45, 2.75) is 45.1 Å². The fourth-order valence-electron chi connectivity index (χ4n) is 2.50. The third-order valence-corrected chi connectivity index (χ3v) is 3.67. The summed E-state index contributed by atoms with van der Waals surface area (Å²) in [4.78, 5) is 13.7. The van der Waals surface area contributed by atoms with Gasteiger partial charge in [0.2, 0.25) is 5.91 Å². The normalized spacial score (nSPS) is 24.4. The summed E-state index contributed by atoms with van der Waals surface area (Å²) in [6.07, 6.45) is 10.9. The maximum absolute atomic E-state index is 11.8. The molecule has 0 aromatic heterocycles. The Bertz CT molecular complexity index is 299. The van der Waals surface area contributed by atoms with Crippen LogP contribution in [0, 0.1) is 5.92 Å². The predicted molar refractivity (Wildman–Crippen MR) is 76.1 cm³/mol. The van der Waals surface area contributed by atoms with Crippen molar-refractivity contribution < 1.29 is 4.79 Å². The molecule has 1 aliphatic rings. The lowest BCUT2D eigenvalue weighted by atomic mass is 9.87. The number of carbonyl (C=O) groups is 1. The van der Waals surface area contributed by atoms with Crippen molar-refractivity contribution in [3.05, 3.63) is 24.8 Å². The number of unbranched alkanes of at least 4 members (excludes halogenated alkanes) is 2. The number of piperidine rings is 1. The molecule has 3 heteroatoms. The average Bonchev–Trinajstić information content (AvgIpc) is 2.38. The monoisotopic (exact) mass is 250 g/mol. The fourth-order valence-corrected chi connectivity index (χ4v) is 2.50. The molecule has 3 nitrogen and oxygen atoms in total. The number of nitrogens with zero attached hydrogens (tertiary/aromatic N) is 1. The minimum absolute atomic E-state index is 0.0531. The van der Waals surface area contributed by atoms with Crippen LogP contribution in [0.4, 0.5) is 0 Å². The van der Waals surface area contributed by atoms with E-state index in [2.05, 4.69) is 13.5 Å². The van der Waals surface area contributed by atoms with Gasteiger partial charge in [-0.25, -0.2) is 0 Å². The molecule has 1 aliphatic heterocycles. The van der Waals surface area contributed by atoms with Gasteiger partial charge in [-0.15, -0.1) is 0 Å². The Balaban J connectivity index is 2.38. The molecule has 102 valence electrons. The van der Waals surface area contributed by atoms with Crippen LogP contribution in [0.25, 0.3) is 0 Å². The highest BCUT2D eigenvalue weighted by Gasteiger charge is 2.27. The molecule has 1 heterocycles. The predicted octanol–water partition coefficient (Wildman–Crippen LogP) is 2.48. The molecule has 1 unspecified atom stereocenters. The lowest BCUT2D eigenvalue weighted by Crippen LogP contribution is -2.50. The maximum atomic E-state index is 11.8. The zero-order valence-corrected chi connectivity index (χ0v) is 11.5. The number of carbonyl (C=O) groups excluding carboxylic acids is 1. The average molecular weight is 250 g/mol. The van der Waals surface area contributed by atoms with E-state index < -0.39 is 0 Å². The zero-order valence-electron chi connectivity index (χ0n) is 11.5. The molecule has 0 bridgehead atoms. The number of rotatable bonds is 6. The standard InChI is InChI=1S/C15H26N2O/c1-3-5-7-8-13-10-11-17(12-14(13)16)15(18)9-6-4-2/h4,6,9,13-14H,2-3,5,7-8,10-12,16H2,1H3/b9-6+/t13-,14?/m1/s1. The van der Waals surface area contributed by atoms with Gasteiger partial charge in [-0.3, -0.25) is 4.79 Å². The second-order valence-corrected chi connectivity index (χ2v) is 5.09. The number of hydrogen-bond acceptors (Lipinski definition) is 2. The molecule has 0 spiro atoms. The Morgan fingerprint density at radius 2 is 2.28 bits per heavy atom. The van der Waals surface area contributed by atoms with Gasteiger partial charge in [-0.2, -0.15) is 0 Å². The minimum Gasteiger partial charge on any atom is -0.338 e. The zero-order chi connectivity index (χ0) is 13.4. The van der Waals surface area contributed by atoms with Gasteiger partial charge in [-0.05, 0) is 18.8 Å². The number of amides is 1. The second kappa shape index (κ2) is 8.09. The summed E-state index contributed by atoms with van der Waals surface area (Å²) < 4.78 is 0. The van der Waals surface area contributed by atoms with Crippen molar-refractivity contribution in [3.8, 4) is 0 Å². The molecule has 0 saturated carbocycles. The molecule has 18 heavy (non-hydrogen) atoms. The van der Waals surface area contributed by atoms with Crippen LogP contribution in [0.2, 0.25) is 0 Å². The highest BCUT2D eigenvalue weighted by molar-refractivity contribution is 5.87. The summed E-state index contributed by atoms with van der Waals surface area (Å²) in [5, 5.41) is 0. The summed E-state index contributed by atoms with van der Waals surface area (Å²) in [5.74, 6) is 0.640. The van der Waals surface area contributed by atoms with E-state index in [1.807, 2.05) is 4.90 Å². The Labute approximate surface area is 111 Å². The number of nitrogens with two attached hydrogens (primary N) is 1. The third-order valence-electron chi connectivity index (χ3n) is 3.67. The first kappa shape index (κ1) is 15.0. The lowest BCUT2D eigenvalue weighted by Gasteiger charge is -2.36. The molecule has 0 radical (unpaired) electrons. The molecule has 0 aromatic rings. The summed E-state index contributed by atoms with van der Waals surface area (Å²) in [6, 6.07) is 0.136. The Kier molecular flexibility index (Phi) is 6.73. The first-order valence-corrected chi connectivity index (χ1v) is 7.02. The first-order valence-electron chi connectivity index (χ1n) is 7.02. The molecular weight excluding hydrogens is 224 g/mol. The molecule has 1 amide bonds. The van der Waals surface area contributed by atoms with Gasteiger partial charge >= 0.3 is 0 Å². The highest BCUT2D eigenvalue weighted by Crippen LogP contribution is 2.22. The van der Waals surface area contributed by atoms with E-state index >= 15 is 0 Å². The first-order chi connectivity index (χ1) is 8.69. The van der Waals surface area contributed by atoms with Gasteiger partial charge in [-0.1, -0.05) is 44.9 Å². The molecule has 0 aliphatic carbocycles. The molecule has 2 atom stereocenters. The smallest absolute Gasteiger partial charge is 0.246 e. The van der Waals surface area contributed by atoms with E-state index in [0.717, 1.165) is 13.0 Å². The Morgan fingerprint density at radius 3 is 2.89 bits per heavy atom. The van der Waals surface area contributed by atoms with Crippen LogP contribution in [-0.4, -0.2) is 29.9 Å². The third kappa shape index (κ3) is 4.65. The summed E-state index contributed by atoms with van der Waals surface area (Å²) in [5.41, 5.74) is 6.18. The van der Waals surface area contributed by atoms with Crippen molar-refractivity contribution >= 4 is 5.91 Å². The second-order valence-electron chi connectivity index (χ2n) is 5.09. The SMILES string of the molecule is C=C/C=C/C(=O)N1CC[C@@H](CCCCC)C(N)C1. The summed E-state index contributed by atoms with van der Waals surface area (Å²) in [7, 11) is 0. The number of likely N-dealkylation sites (tertiary alicyclic amines) is 1.